The predicted molar refractivity (Wildman–Crippen MR) is 84.5 cm³/mol. The summed E-state index contributed by atoms with van der Waals surface area (Å²) in [6.45, 7) is 7.60. The highest BCUT2D eigenvalue weighted by atomic mass is 32.1. The molecule has 0 aliphatic carbocycles. The van der Waals surface area contributed by atoms with Gasteiger partial charge < -0.3 is 9.32 Å². The molecule has 3 nitrogen and oxygen atoms in total. The van der Waals surface area contributed by atoms with E-state index in [1.807, 2.05) is 24.8 Å². The van der Waals surface area contributed by atoms with E-state index in [-0.39, 0.29) is 5.91 Å². The van der Waals surface area contributed by atoms with Crippen LogP contribution >= 0.6 is 11.3 Å². The van der Waals surface area contributed by atoms with Crippen LogP contribution in [0.1, 0.15) is 42.0 Å². The number of hydrogen-bond donors (Lipinski definition) is 0. The number of fused-ring (bicyclic) bond motifs is 1. The number of nitrogens with zero attached hydrogens (tertiary/aromatic N) is 1. The summed E-state index contributed by atoms with van der Waals surface area (Å²) in [6, 6.07) is 4.12. The van der Waals surface area contributed by atoms with Gasteiger partial charge in [-0.15, -0.1) is 11.3 Å². The average Bonchev–Trinajstić information content (AvgIpc) is 3.02. The molecule has 0 radical (unpaired) electrons. The quantitative estimate of drug-likeness (QED) is 0.843. The minimum Gasteiger partial charge on any atom is -0.469 e. The first-order valence-corrected chi connectivity index (χ1v) is 8.26. The summed E-state index contributed by atoms with van der Waals surface area (Å²) < 4.78 is 5.50. The molecule has 0 bridgehead atoms. The topological polar surface area (TPSA) is 33.5 Å². The first-order valence-electron chi connectivity index (χ1n) is 7.38. The molecule has 112 valence electrons. The van der Waals surface area contributed by atoms with Crippen molar-refractivity contribution < 1.29 is 9.21 Å². The number of aryl methyl sites for hydroxylation is 2. The number of amides is 1. The van der Waals surface area contributed by atoms with E-state index in [9.17, 15) is 4.79 Å². The molecule has 0 N–H and O–H groups in total. The molecule has 2 aromatic heterocycles. The lowest BCUT2D eigenvalue weighted by Gasteiger charge is -2.31. The minimum absolute atomic E-state index is 0.203. The molecule has 1 aliphatic rings. The zero-order valence-corrected chi connectivity index (χ0v) is 13.6. The molecule has 0 saturated heterocycles. The second-order valence-electron chi connectivity index (χ2n) is 6.27. The van der Waals surface area contributed by atoms with Crippen molar-refractivity contribution in [1.29, 1.82) is 0 Å². The molecule has 0 fully saturated rings. The third kappa shape index (κ3) is 2.64. The van der Waals surface area contributed by atoms with E-state index in [1.165, 1.54) is 4.88 Å². The molecule has 21 heavy (non-hydrogen) atoms. The lowest BCUT2D eigenvalue weighted by Crippen LogP contribution is -2.43. The molecular formula is C17H21NO2S. The van der Waals surface area contributed by atoms with Gasteiger partial charge in [0.1, 0.15) is 5.76 Å². The second kappa shape index (κ2) is 5.34. The summed E-state index contributed by atoms with van der Waals surface area (Å²) in [5.74, 6) is 1.24. The van der Waals surface area contributed by atoms with Crippen molar-refractivity contribution in [3.63, 3.8) is 0 Å². The largest absolute Gasteiger partial charge is 0.469 e. The number of furan rings is 1. The van der Waals surface area contributed by atoms with Crippen LogP contribution in [-0.2, 0) is 23.2 Å². The SMILES string of the molecule is Cc1cc(C(C)(C)C(=O)N2CCCc3occc3C2)cs1. The molecule has 0 aromatic carbocycles. The number of hydrogen-bond acceptors (Lipinski definition) is 3. The van der Waals surface area contributed by atoms with Crippen molar-refractivity contribution in [3.8, 4) is 0 Å². The van der Waals surface area contributed by atoms with Gasteiger partial charge in [-0.05, 0) is 50.3 Å². The molecule has 0 unspecified atom stereocenters. The molecular weight excluding hydrogens is 282 g/mol. The van der Waals surface area contributed by atoms with Crippen LogP contribution in [0.4, 0.5) is 0 Å². The van der Waals surface area contributed by atoms with Gasteiger partial charge in [-0.3, -0.25) is 4.79 Å². The first kappa shape index (κ1) is 14.4. The first-order chi connectivity index (χ1) is 9.98. The molecule has 4 heteroatoms. The van der Waals surface area contributed by atoms with Crippen LogP contribution < -0.4 is 0 Å². The summed E-state index contributed by atoms with van der Waals surface area (Å²) in [5, 5.41) is 2.11. The molecule has 3 heterocycles. The summed E-state index contributed by atoms with van der Waals surface area (Å²) >= 11 is 1.70. The van der Waals surface area contributed by atoms with Gasteiger partial charge >= 0.3 is 0 Å². The van der Waals surface area contributed by atoms with Crippen LogP contribution in [0.15, 0.2) is 28.2 Å². The van der Waals surface area contributed by atoms with Gasteiger partial charge in [0.05, 0.1) is 11.7 Å². The molecule has 0 saturated carbocycles. The maximum atomic E-state index is 13.0. The van der Waals surface area contributed by atoms with Crippen LogP contribution in [0.3, 0.4) is 0 Å². The van der Waals surface area contributed by atoms with Crippen molar-refractivity contribution in [2.75, 3.05) is 6.54 Å². The van der Waals surface area contributed by atoms with E-state index in [0.717, 1.165) is 36.3 Å². The van der Waals surface area contributed by atoms with Crippen molar-refractivity contribution in [1.82, 2.24) is 4.90 Å². The van der Waals surface area contributed by atoms with Crippen molar-refractivity contribution in [2.45, 2.75) is 45.6 Å². The Balaban J connectivity index is 1.84. The maximum absolute atomic E-state index is 13.0. The maximum Gasteiger partial charge on any atom is 0.232 e. The van der Waals surface area contributed by atoms with E-state index < -0.39 is 5.41 Å². The Morgan fingerprint density at radius 1 is 1.43 bits per heavy atom. The van der Waals surface area contributed by atoms with Crippen LogP contribution in [-0.4, -0.2) is 17.4 Å². The van der Waals surface area contributed by atoms with Gasteiger partial charge in [-0.25, -0.2) is 0 Å². The Bertz CT molecular complexity index is 653. The molecule has 0 spiro atoms. The molecule has 3 rings (SSSR count). The second-order valence-corrected chi connectivity index (χ2v) is 7.39. The van der Waals surface area contributed by atoms with Crippen LogP contribution in [0.5, 0.6) is 0 Å². The molecule has 1 aliphatic heterocycles. The van der Waals surface area contributed by atoms with Crippen LogP contribution in [0, 0.1) is 6.92 Å². The zero-order chi connectivity index (χ0) is 15.0. The fourth-order valence-electron chi connectivity index (χ4n) is 2.91. The van der Waals surface area contributed by atoms with Gasteiger partial charge in [0.25, 0.3) is 0 Å². The third-order valence-electron chi connectivity index (χ3n) is 4.30. The van der Waals surface area contributed by atoms with E-state index in [4.69, 9.17) is 4.42 Å². The number of thiophene rings is 1. The third-order valence-corrected chi connectivity index (χ3v) is 5.17. The number of rotatable bonds is 2. The Hall–Kier alpha value is -1.55. The highest BCUT2D eigenvalue weighted by Crippen LogP contribution is 2.31. The Morgan fingerprint density at radius 2 is 2.24 bits per heavy atom. The van der Waals surface area contributed by atoms with Crippen molar-refractivity contribution >= 4 is 17.2 Å². The smallest absolute Gasteiger partial charge is 0.232 e. The monoisotopic (exact) mass is 303 g/mol. The van der Waals surface area contributed by atoms with Crippen LogP contribution in [0.2, 0.25) is 0 Å². The Labute approximate surface area is 129 Å². The van der Waals surface area contributed by atoms with Crippen molar-refractivity contribution in [2.24, 2.45) is 0 Å². The van der Waals surface area contributed by atoms with E-state index in [0.29, 0.717) is 6.54 Å². The lowest BCUT2D eigenvalue weighted by molar-refractivity contribution is -0.136. The number of carbonyl (C=O) groups excluding carboxylic acids is 1. The standard InChI is InChI=1S/C17H21NO2S/c1-12-9-14(11-21-12)17(2,3)16(19)18-7-4-5-15-13(10-18)6-8-20-15/h6,8-9,11H,4-5,7,10H2,1-3H3. The lowest BCUT2D eigenvalue weighted by atomic mass is 9.84. The fraction of sp³-hybridized carbons (Fsp3) is 0.471. The summed E-state index contributed by atoms with van der Waals surface area (Å²) in [5.41, 5.74) is 1.80. The summed E-state index contributed by atoms with van der Waals surface area (Å²) in [7, 11) is 0. The molecule has 1 amide bonds. The van der Waals surface area contributed by atoms with Crippen molar-refractivity contribution in [3.05, 3.63) is 45.5 Å². The molecule has 0 atom stereocenters. The summed E-state index contributed by atoms with van der Waals surface area (Å²) in [6.07, 6.45) is 3.61. The van der Waals surface area contributed by atoms with E-state index in [1.54, 1.807) is 17.6 Å². The van der Waals surface area contributed by atoms with Gasteiger partial charge in [0.2, 0.25) is 5.91 Å². The van der Waals surface area contributed by atoms with E-state index in [2.05, 4.69) is 18.4 Å². The van der Waals surface area contributed by atoms with Gasteiger partial charge in [0, 0.05) is 30.0 Å². The van der Waals surface area contributed by atoms with E-state index >= 15 is 0 Å². The normalized spacial score (nSPS) is 15.7. The average molecular weight is 303 g/mol. The Kier molecular flexibility index (Phi) is 3.66. The highest BCUT2D eigenvalue weighted by Gasteiger charge is 2.35. The zero-order valence-electron chi connectivity index (χ0n) is 12.8. The highest BCUT2D eigenvalue weighted by molar-refractivity contribution is 7.10. The van der Waals surface area contributed by atoms with Gasteiger partial charge in [0.15, 0.2) is 0 Å². The van der Waals surface area contributed by atoms with Crippen LogP contribution in [0.25, 0.3) is 0 Å². The fourth-order valence-corrected chi connectivity index (χ4v) is 3.78. The minimum atomic E-state index is -0.473. The van der Waals surface area contributed by atoms with Gasteiger partial charge in [-0.2, -0.15) is 0 Å². The molecule has 2 aromatic rings. The summed E-state index contributed by atoms with van der Waals surface area (Å²) in [4.78, 5) is 16.2. The predicted octanol–water partition coefficient (Wildman–Crippen LogP) is 3.90. The van der Waals surface area contributed by atoms with Gasteiger partial charge in [-0.1, -0.05) is 0 Å². The number of carbonyl (C=O) groups is 1. The Morgan fingerprint density at radius 3 is 2.95 bits per heavy atom.